The number of benzene rings is 2. The monoisotopic (exact) mass is 366 g/mol. The number of nitrogens with zero attached hydrogens (tertiary/aromatic N) is 2. The van der Waals surface area contributed by atoms with Crippen molar-refractivity contribution in [2.75, 3.05) is 0 Å². The Kier molecular flexibility index (Phi) is 4.43. The molecule has 0 radical (unpaired) electrons. The van der Waals surface area contributed by atoms with E-state index in [0.717, 1.165) is 0 Å². The first-order chi connectivity index (χ1) is 11.7. The summed E-state index contributed by atoms with van der Waals surface area (Å²) in [6, 6.07) is 10.0. The molecule has 0 aliphatic rings. The van der Waals surface area contributed by atoms with Crippen molar-refractivity contribution < 1.29 is 18.3 Å². The minimum absolute atomic E-state index is 0.165. The van der Waals surface area contributed by atoms with Crippen LogP contribution in [0.4, 0.5) is 13.2 Å². The predicted octanol–water partition coefficient (Wildman–Crippen LogP) is 4.84. The van der Waals surface area contributed by atoms with Gasteiger partial charge in [-0.3, -0.25) is 9.97 Å². The molecular formula is C18H14ClF3N2O. The van der Waals surface area contributed by atoms with E-state index in [1.165, 1.54) is 49.6 Å². The molecule has 1 aromatic heterocycles. The maximum atomic E-state index is 13.9. The highest BCUT2D eigenvalue weighted by molar-refractivity contribution is 6.31. The number of aliphatic hydroxyl groups is 1. The maximum Gasteiger partial charge on any atom is 0.422 e. The van der Waals surface area contributed by atoms with Gasteiger partial charge in [0, 0.05) is 23.3 Å². The third-order valence-corrected chi connectivity index (χ3v) is 4.68. The van der Waals surface area contributed by atoms with Crippen LogP contribution in [0.25, 0.3) is 11.0 Å². The van der Waals surface area contributed by atoms with Crippen LogP contribution in [0.2, 0.25) is 5.02 Å². The summed E-state index contributed by atoms with van der Waals surface area (Å²) in [5.74, 6) is -1.32. The molecule has 0 saturated carbocycles. The molecule has 0 spiro atoms. The lowest BCUT2D eigenvalue weighted by atomic mass is 9.77. The molecule has 130 valence electrons. The first kappa shape index (κ1) is 17.6. The van der Waals surface area contributed by atoms with Gasteiger partial charge in [-0.2, -0.15) is 13.2 Å². The minimum atomic E-state index is -4.92. The van der Waals surface area contributed by atoms with Crippen molar-refractivity contribution in [3.63, 3.8) is 0 Å². The van der Waals surface area contributed by atoms with E-state index < -0.39 is 17.7 Å². The SMILES string of the molecule is CC(c1ccccc1Cl)C(O)(c1ccc2nccnc2c1)C(F)(F)F. The second-order valence-electron chi connectivity index (χ2n) is 5.77. The lowest BCUT2D eigenvalue weighted by molar-refractivity contribution is -0.274. The average molecular weight is 367 g/mol. The van der Waals surface area contributed by atoms with Crippen LogP contribution < -0.4 is 0 Å². The highest BCUT2D eigenvalue weighted by Gasteiger charge is 2.59. The van der Waals surface area contributed by atoms with Gasteiger partial charge in [-0.05, 0) is 29.3 Å². The molecule has 0 aliphatic carbocycles. The second-order valence-corrected chi connectivity index (χ2v) is 6.17. The van der Waals surface area contributed by atoms with Gasteiger partial charge < -0.3 is 5.11 Å². The van der Waals surface area contributed by atoms with E-state index in [0.29, 0.717) is 5.52 Å². The zero-order valence-corrected chi connectivity index (χ0v) is 13.9. The van der Waals surface area contributed by atoms with Gasteiger partial charge >= 0.3 is 6.18 Å². The number of rotatable bonds is 3. The zero-order chi connectivity index (χ0) is 18.2. The number of hydrogen-bond donors (Lipinski definition) is 1. The van der Waals surface area contributed by atoms with Gasteiger partial charge in [0.25, 0.3) is 0 Å². The third-order valence-electron chi connectivity index (χ3n) is 4.34. The normalized spacial score (nSPS) is 15.8. The Bertz CT molecular complexity index is 916. The summed E-state index contributed by atoms with van der Waals surface area (Å²) in [5, 5.41) is 11.0. The van der Waals surface area contributed by atoms with E-state index in [1.54, 1.807) is 12.1 Å². The van der Waals surface area contributed by atoms with Gasteiger partial charge in [0.2, 0.25) is 0 Å². The highest BCUT2D eigenvalue weighted by Crippen LogP contribution is 2.49. The zero-order valence-electron chi connectivity index (χ0n) is 13.1. The van der Waals surface area contributed by atoms with Crippen LogP contribution in [0.3, 0.4) is 0 Å². The van der Waals surface area contributed by atoms with Crippen LogP contribution in [0, 0.1) is 0 Å². The second kappa shape index (κ2) is 6.28. The van der Waals surface area contributed by atoms with Crippen LogP contribution >= 0.6 is 11.6 Å². The van der Waals surface area contributed by atoms with Gasteiger partial charge in [-0.25, -0.2) is 0 Å². The number of fused-ring (bicyclic) bond motifs is 1. The van der Waals surface area contributed by atoms with Crippen LogP contribution in [0.15, 0.2) is 54.9 Å². The van der Waals surface area contributed by atoms with Crippen molar-refractivity contribution in [3.05, 3.63) is 71.0 Å². The molecule has 0 fully saturated rings. The Balaban J connectivity index is 2.20. The smallest absolute Gasteiger partial charge is 0.376 e. The van der Waals surface area contributed by atoms with Gasteiger partial charge in [-0.1, -0.05) is 42.8 Å². The molecule has 0 bridgehead atoms. The fourth-order valence-corrected chi connectivity index (χ4v) is 3.21. The quantitative estimate of drug-likeness (QED) is 0.721. The number of hydrogen-bond acceptors (Lipinski definition) is 3. The minimum Gasteiger partial charge on any atom is -0.376 e. The summed E-state index contributed by atoms with van der Waals surface area (Å²) in [7, 11) is 0. The molecule has 3 rings (SSSR count). The summed E-state index contributed by atoms with van der Waals surface area (Å²) < 4.78 is 41.8. The van der Waals surface area contributed by atoms with Crippen LogP contribution in [0.1, 0.15) is 24.0 Å². The van der Waals surface area contributed by atoms with Gasteiger partial charge in [-0.15, -0.1) is 0 Å². The molecular weight excluding hydrogens is 353 g/mol. The molecule has 7 heteroatoms. The van der Waals surface area contributed by atoms with Crippen molar-refractivity contribution in [3.8, 4) is 0 Å². The predicted molar refractivity (Wildman–Crippen MR) is 89.4 cm³/mol. The number of halogens is 4. The Morgan fingerprint density at radius 3 is 2.28 bits per heavy atom. The van der Waals surface area contributed by atoms with Gasteiger partial charge in [0.05, 0.1) is 11.0 Å². The van der Waals surface area contributed by atoms with E-state index in [1.807, 2.05) is 0 Å². The molecule has 1 heterocycles. The van der Waals surface area contributed by atoms with Crippen molar-refractivity contribution in [1.82, 2.24) is 9.97 Å². The summed E-state index contributed by atoms with van der Waals surface area (Å²) in [5.41, 5.74) is -2.50. The van der Waals surface area contributed by atoms with Crippen LogP contribution in [0.5, 0.6) is 0 Å². The molecule has 2 atom stereocenters. The van der Waals surface area contributed by atoms with E-state index in [4.69, 9.17) is 11.6 Å². The molecule has 25 heavy (non-hydrogen) atoms. The molecule has 0 amide bonds. The van der Waals surface area contributed by atoms with Gasteiger partial charge in [0.1, 0.15) is 0 Å². The Labute approximate surface area is 147 Å². The molecule has 3 nitrogen and oxygen atoms in total. The Morgan fingerprint density at radius 2 is 1.64 bits per heavy atom. The first-order valence-corrected chi connectivity index (χ1v) is 7.87. The highest BCUT2D eigenvalue weighted by atomic mass is 35.5. The van der Waals surface area contributed by atoms with Crippen molar-refractivity contribution in [2.45, 2.75) is 24.6 Å². The Morgan fingerprint density at radius 1 is 1.00 bits per heavy atom. The lowest BCUT2D eigenvalue weighted by Crippen LogP contribution is -2.46. The van der Waals surface area contributed by atoms with E-state index in [-0.39, 0.29) is 21.7 Å². The third kappa shape index (κ3) is 2.96. The van der Waals surface area contributed by atoms with Crippen LogP contribution in [-0.4, -0.2) is 21.3 Å². The number of aromatic nitrogens is 2. The standard InChI is InChI=1S/C18H14ClF3N2O/c1-11(13-4-2-3-5-14(13)19)17(25,18(20,21)22)12-6-7-15-16(10-12)24-9-8-23-15/h2-11,25H,1H3. The molecule has 0 saturated heterocycles. The topological polar surface area (TPSA) is 46.0 Å². The fraction of sp³-hybridized carbons (Fsp3) is 0.222. The summed E-state index contributed by atoms with van der Waals surface area (Å²) in [4.78, 5) is 8.06. The van der Waals surface area contributed by atoms with Crippen molar-refractivity contribution >= 4 is 22.6 Å². The molecule has 1 N–H and O–H groups in total. The summed E-state index contributed by atoms with van der Waals surface area (Å²) in [6.07, 6.45) is -2.08. The van der Waals surface area contributed by atoms with E-state index >= 15 is 0 Å². The molecule has 2 unspecified atom stereocenters. The lowest BCUT2D eigenvalue weighted by Gasteiger charge is -2.37. The van der Waals surface area contributed by atoms with Crippen molar-refractivity contribution in [1.29, 1.82) is 0 Å². The largest absolute Gasteiger partial charge is 0.422 e. The summed E-state index contributed by atoms with van der Waals surface area (Å²) in [6.45, 7) is 1.30. The van der Waals surface area contributed by atoms with E-state index in [2.05, 4.69) is 9.97 Å². The van der Waals surface area contributed by atoms with Crippen LogP contribution in [-0.2, 0) is 5.60 Å². The summed E-state index contributed by atoms with van der Waals surface area (Å²) >= 11 is 6.06. The van der Waals surface area contributed by atoms with Gasteiger partial charge in [0.15, 0.2) is 5.60 Å². The van der Waals surface area contributed by atoms with E-state index in [9.17, 15) is 18.3 Å². The molecule has 2 aromatic carbocycles. The number of alkyl halides is 3. The molecule has 3 aromatic rings. The Hall–Kier alpha value is -2.18. The van der Waals surface area contributed by atoms with Crippen molar-refractivity contribution in [2.24, 2.45) is 0 Å². The maximum absolute atomic E-state index is 13.9. The fourth-order valence-electron chi connectivity index (χ4n) is 2.91. The molecule has 0 aliphatic heterocycles. The first-order valence-electron chi connectivity index (χ1n) is 7.50. The average Bonchev–Trinajstić information content (AvgIpc) is 2.59.